The molecule has 0 aromatic rings. The molecule has 384 valence electrons. The van der Waals surface area contributed by atoms with Crippen LogP contribution in [0.5, 0.6) is 0 Å². The smallest absolute Gasteiger partial charge is 0.306 e. The van der Waals surface area contributed by atoms with Gasteiger partial charge in [0.05, 0.1) is 0 Å². The minimum absolute atomic E-state index is 0.0804. The lowest BCUT2D eigenvalue weighted by molar-refractivity contribution is -0.167. The lowest BCUT2D eigenvalue weighted by Gasteiger charge is -2.18. The van der Waals surface area contributed by atoms with Gasteiger partial charge in [-0.05, 0) is 96.3 Å². The second-order valence-corrected chi connectivity index (χ2v) is 18.5. The normalized spacial score (nSPS) is 12.7. The molecule has 0 heterocycles. The molecular formula is C61H104O6. The Morgan fingerprint density at radius 3 is 0.955 bits per heavy atom. The van der Waals surface area contributed by atoms with Gasteiger partial charge in [-0.15, -0.1) is 0 Å². The number of ether oxygens (including phenoxy) is 3. The summed E-state index contributed by atoms with van der Waals surface area (Å²) in [6.45, 7) is 6.48. The molecule has 0 aliphatic carbocycles. The van der Waals surface area contributed by atoms with Crippen LogP contribution in [0.3, 0.4) is 0 Å². The average Bonchev–Trinajstić information content (AvgIpc) is 3.33. The van der Waals surface area contributed by atoms with E-state index in [9.17, 15) is 14.4 Å². The van der Waals surface area contributed by atoms with Crippen molar-refractivity contribution in [2.75, 3.05) is 13.2 Å². The Labute approximate surface area is 414 Å². The van der Waals surface area contributed by atoms with Gasteiger partial charge >= 0.3 is 17.9 Å². The van der Waals surface area contributed by atoms with Crippen molar-refractivity contribution in [1.82, 2.24) is 0 Å². The van der Waals surface area contributed by atoms with E-state index in [2.05, 4.69) is 106 Å². The maximum Gasteiger partial charge on any atom is 0.306 e. The van der Waals surface area contributed by atoms with Crippen molar-refractivity contribution in [3.8, 4) is 0 Å². The van der Waals surface area contributed by atoms with Gasteiger partial charge < -0.3 is 14.2 Å². The number of carbonyl (C=O) groups excluding carboxylic acids is 3. The topological polar surface area (TPSA) is 78.9 Å². The van der Waals surface area contributed by atoms with E-state index >= 15 is 0 Å². The van der Waals surface area contributed by atoms with E-state index < -0.39 is 6.10 Å². The number of rotatable bonds is 50. The molecule has 0 bridgehead atoms. The summed E-state index contributed by atoms with van der Waals surface area (Å²) < 4.78 is 16.8. The van der Waals surface area contributed by atoms with Gasteiger partial charge in [-0.25, -0.2) is 0 Å². The van der Waals surface area contributed by atoms with Crippen molar-refractivity contribution in [1.29, 1.82) is 0 Å². The predicted octanol–water partition coefficient (Wildman–Crippen LogP) is 18.8. The Balaban J connectivity index is 4.24. The van der Waals surface area contributed by atoms with Crippen LogP contribution in [0.25, 0.3) is 0 Å². The average molecular weight is 933 g/mol. The van der Waals surface area contributed by atoms with Gasteiger partial charge in [-0.1, -0.05) is 234 Å². The molecule has 1 unspecified atom stereocenters. The first-order valence-corrected chi connectivity index (χ1v) is 28.1. The van der Waals surface area contributed by atoms with Crippen LogP contribution in [0.15, 0.2) is 85.1 Å². The van der Waals surface area contributed by atoms with Crippen LogP contribution in [0.1, 0.15) is 265 Å². The van der Waals surface area contributed by atoms with Gasteiger partial charge in [0, 0.05) is 19.3 Å². The van der Waals surface area contributed by atoms with Crippen LogP contribution in [-0.4, -0.2) is 37.2 Å². The van der Waals surface area contributed by atoms with E-state index in [1.54, 1.807) is 0 Å². The van der Waals surface area contributed by atoms with Gasteiger partial charge in [-0.3, -0.25) is 14.4 Å². The third kappa shape index (κ3) is 53.4. The van der Waals surface area contributed by atoms with E-state index in [0.717, 1.165) is 116 Å². The molecule has 0 saturated carbocycles. The molecular weight excluding hydrogens is 829 g/mol. The van der Waals surface area contributed by atoms with Crippen LogP contribution >= 0.6 is 0 Å². The quantitative estimate of drug-likeness (QED) is 0.0262. The zero-order valence-electron chi connectivity index (χ0n) is 43.9. The lowest BCUT2D eigenvalue weighted by Crippen LogP contribution is -2.30. The second-order valence-electron chi connectivity index (χ2n) is 18.5. The predicted molar refractivity (Wildman–Crippen MR) is 288 cm³/mol. The molecule has 0 aliphatic heterocycles. The van der Waals surface area contributed by atoms with E-state index in [1.165, 1.54) is 109 Å². The summed E-state index contributed by atoms with van der Waals surface area (Å²) in [6, 6.07) is 0. The van der Waals surface area contributed by atoms with Crippen LogP contribution in [0.2, 0.25) is 0 Å². The van der Waals surface area contributed by atoms with Crippen LogP contribution < -0.4 is 0 Å². The number of allylic oxidation sites excluding steroid dienone is 14. The van der Waals surface area contributed by atoms with Gasteiger partial charge in [0.2, 0.25) is 0 Å². The van der Waals surface area contributed by atoms with Crippen molar-refractivity contribution in [3.05, 3.63) is 85.1 Å². The maximum atomic E-state index is 12.8. The number of hydrogen-bond donors (Lipinski definition) is 0. The summed E-state index contributed by atoms with van der Waals surface area (Å²) in [5.74, 6) is -0.897. The van der Waals surface area contributed by atoms with Crippen LogP contribution in [0, 0.1) is 0 Å². The first kappa shape index (κ1) is 63.6. The number of unbranched alkanes of at least 4 members (excludes halogenated alkanes) is 25. The first-order valence-electron chi connectivity index (χ1n) is 28.1. The maximum absolute atomic E-state index is 12.8. The Hall–Kier alpha value is -3.41. The van der Waals surface area contributed by atoms with Crippen molar-refractivity contribution >= 4 is 17.9 Å². The second kappa shape index (κ2) is 55.2. The van der Waals surface area contributed by atoms with Crippen molar-refractivity contribution in [3.63, 3.8) is 0 Å². The molecule has 0 aromatic carbocycles. The van der Waals surface area contributed by atoms with E-state index in [1.807, 2.05) is 0 Å². The number of hydrogen-bond acceptors (Lipinski definition) is 6. The summed E-state index contributed by atoms with van der Waals surface area (Å²) in [5.41, 5.74) is 0. The molecule has 0 radical (unpaired) electrons. The summed E-state index contributed by atoms with van der Waals surface area (Å²) in [7, 11) is 0. The molecule has 0 rings (SSSR count). The highest BCUT2D eigenvalue weighted by Gasteiger charge is 2.19. The molecule has 0 amide bonds. The third-order valence-electron chi connectivity index (χ3n) is 11.9. The molecule has 1 atom stereocenters. The summed E-state index contributed by atoms with van der Waals surface area (Å²) in [6.07, 6.45) is 71.5. The van der Waals surface area contributed by atoms with Crippen molar-refractivity contribution in [2.24, 2.45) is 0 Å². The highest BCUT2D eigenvalue weighted by Crippen LogP contribution is 2.15. The monoisotopic (exact) mass is 933 g/mol. The highest BCUT2D eigenvalue weighted by molar-refractivity contribution is 5.71. The van der Waals surface area contributed by atoms with Crippen molar-refractivity contribution < 1.29 is 28.6 Å². The Bertz CT molecular complexity index is 1300. The fourth-order valence-electron chi connectivity index (χ4n) is 7.68. The summed E-state index contributed by atoms with van der Waals surface area (Å²) in [4.78, 5) is 38.0. The largest absolute Gasteiger partial charge is 0.462 e. The van der Waals surface area contributed by atoms with Crippen molar-refractivity contribution in [2.45, 2.75) is 271 Å². The molecule has 6 heteroatoms. The zero-order chi connectivity index (χ0) is 48.6. The lowest BCUT2D eigenvalue weighted by atomic mass is 10.1. The summed E-state index contributed by atoms with van der Waals surface area (Å²) in [5, 5.41) is 0. The fraction of sp³-hybridized carbons (Fsp3) is 0.721. The van der Waals surface area contributed by atoms with E-state index in [4.69, 9.17) is 14.2 Å². The number of esters is 3. The molecule has 0 saturated heterocycles. The van der Waals surface area contributed by atoms with E-state index in [0.29, 0.717) is 19.3 Å². The van der Waals surface area contributed by atoms with Gasteiger partial charge in [0.15, 0.2) is 6.10 Å². The van der Waals surface area contributed by atoms with Gasteiger partial charge in [0.1, 0.15) is 13.2 Å². The fourth-order valence-corrected chi connectivity index (χ4v) is 7.68. The molecule has 0 spiro atoms. The van der Waals surface area contributed by atoms with Crippen LogP contribution in [-0.2, 0) is 28.6 Å². The third-order valence-corrected chi connectivity index (χ3v) is 11.9. The Morgan fingerprint density at radius 1 is 0.313 bits per heavy atom. The summed E-state index contributed by atoms with van der Waals surface area (Å²) >= 11 is 0. The minimum Gasteiger partial charge on any atom is -0.462 e. The number of carbonyl (C=O) groups is 3. The molecule has 0 N–H and O–H groups in total. The molecule has 0 aromatic heterocycles. The van der Waals surface area contributed by atoms with Crippen LogP contribution in [0.4, 0.5) is 0 Å². The molecule has 0 aliphatic rings. The van der Waals surface area contributed by atoms with E-state index in [-0.39, 0.29) is 31.1 Å². The van der Waals surface area contributed by atoms with Gasteiger partial charge in [-0.2, -0.15) is 0 Å². The first-order chi connectivity index (χ1) is 33.0. The molecule has 0 fully saturated rings. The Kier molecular flexibility index (Phi) is 52.4. The zero-order valence-corrected chi connectivity index (χ0v) is 43.9. The molecule has 6 nitrogen and oxygen atoms in total. The SMILES string of the molecule is CC/C=C\C/C=C\C/C=C\C/C=C\C/C=C\C/C=C\CCCCCCCCCCC(=O)OCC(COC(=O)CCCCCCCCCCCC)OC(=O)CCCCCCC/C=C\CCCCC. The highest BCUT2D eigenvalue weighted by atomic mass is 16.6. The molecule has 67 heavy (non-hydrogen) atoms. The standard InChI is InChI=1S/C61H104O6/c1-4-7-10-13-16-19-22-24-25-26-27-28-29-30-31-32-33-34-35-36-37-38-40-42-45-48-51-54-60(63)66-57-58(56-65-59(62)53-50-47-44-41-21-18-15-12-9-6-3)67-61(64)55-52-49-46-43-39-23-20-17-14-11-8-5-2/h7,10,16-17,19-20,24-25,27-28,30-31,33-34,58H,4-6,8-9,11-15,18,21-23,26,29,32,35-57H2,1-3H3/b10-7-,19-16-,20-17-,25-24-,28-27-,31-30-,34-33-. The Morgan fingerprint density at radius 2 is 0.582 bits per heavy atom. The van der Waals surface area contributed by atoms with Gasteiger partial charge in [0.25, 0.3) is 0 Å². The minimum atomic E-state index is -0.781.